The Balaban J connectivity index is 1.66. The van der Waals surface area contributed by atoms with E-state index in [1.54, 1.807) is 12.1 Å². The average molecular weight is 1420 g/mol. The van der Waals surface area contributed by atoms with Crippen LogP contribution in [0.5, 0.6) is 5.75 Å². The van der Waals surface area contributed by atoms with Crippen molar-refractivity contribution in [1.29, 1.82) is 0 Å². The van der Waals surface area contributed by atoms with E-state index in [0.29, 0.717) is 18.8 Å². The third-order valence-corrected chi connectivity index (χ3v) is 16.0. The minimum Gasteiger partial charge on any atom is -0.508 e. The van der Waals surface area contributed by atoms with Crippen LogP contribution in [-0.4, -0.2) is 282 Å². The molecule has 20 atom stereocenters. The van der Waals surface area contributed by atoms with E-state index in [4.69, 9.17) is 47.4 Å². The molecule has 0 bridgehead atoms. The number of ether oxygens (including phenoxy) is 10. The Bertz CT molecular complexity index is 2800. The van der Waals surface area contributed by atoms with Gasteiger partial charge in [0, 0.05) is 79.3 Å². The van der Waals surface area contributed by atoms with Gasteiger partial charge in [-0.3, -0.25) is 24.0 Å². The van der Waals surface area contributed by atoms with Gasteiger partial charge in [0.05, 0.1) is 57.0 Å². The Labute approximate surface area is 572 Å². The largest absolute Gasteiger partial charge is 0.508 e. The number of rotatable bonds is 41. The average Bonchev–Trinajstić information content (AvgIpc) is 1.24. The third kappa shape index (κ3) is 26.3. The number of hydrogen-bond acceptors (Lipinski definition) is 30. The molecule has 5 amide bonds. The number of benzene rings is 1. The second kappa shape index (κ2) is 43.6. The Morgan fingerprint density at radius 3 is 1.76 bits per heavy atom. The molecule has 20 N–H and O–H groups in total. The van der Waals surface area contributed by atoms with Crippen molar-refractivity contribution >= 4 is 29.5 Å². The van der Waals surface area contributed by atoms with Crippen LogP contribution >= 0.6 is 0 Å². The maximum absolute atomic E-state index is 13.9. The van der Waals surface area contributed by atoms with Crippen molar-refractivity contribution in [3.05, 3.63) is 76.3 Å². The molecular formula is C64H103N5O30. The van der Waals surface area contributed by atoms with Gasteiger partial charge in [0.25, 0.3) is 5.91 Å². The monoisotopic (exact) mass is 1420 g/mol. The first kappa shape index (κ1) is 85.3. The minimum absolute atomic E-state index is 0.0231. The first-order valence-corrected chi connectivity index (χ1v) is 32.7. The second-order valence-corrected chi connectivity index (χ2v) is 23.8. The molecule has 3 aliphatic rings. The molecule has 12 unspecified atom stereocenters. The summed E-state index contributed by atoms with van der Waals surface area (Å²) in [6.45, 7) is 2.63. The van der Waals surface area contributed by atoms with Crippen molar-refractivity contribution in [3.8, 4) is 5.75 Å². The summed E-state index contributed by atoms with van der Waals surface area (Å²) < 4.78 is 58.3. The molecule has 1 aromatic carbocycles. The van der Waals surface area contributed by atoms with E-state index in [1.165, 1.54) is 39.0 Å². The van der Waals surface area contributed by atoms with Gasteiger partial charge in [0.2, 0.25) is 29.9 Å². The third-order valence-electron chi connectivity index (χ3n) is 16.0. The Hall–Kier alpha value is -6.11. The molecule has 564 valence electrons. The van der Waals surface area contributed by atoms with E-state index in [-0.39, 0.29) is 5.56 Å². The molecule has 3 fully saturated rings. The number of hydrogen-bond donors (Lipinski definition) is 20. The van der Waals surface area contributed by atoms with Gasteiger partial charge >= 0.3 is 0 Å². The Morgan fingerprint density at radius 2 is 1.20 bits per heavy atom. The maximum atomic E-state index is 13.9. The van der Waals surface area contributed by atoms with Crippen molar-refractivity contribution in [2.45, 2.75) is 235 Å². The van der Waals surface area contributed by atoms with Crippen molar-refractivity contribution in [2.75, 3.05) is 53.4 Å². The van der Waals surface area contributed by atoms with Gasteiger partial charge in [0.15, 0.2) is 25.2 Å². The van der Waals surface area contributed by atoms with Crippen LogP contribution in [0, 0.1) is 0 Å². The van der Waals surface area contributed by atoms with E-state index in [0.717, 1.165) is 53.4 Å². The zero-order valence-corrected chi connectivity index (χ0v) is 56.6. The summed E-state index contributed by atoms with van der Waals surface area (Å²) in [6, 6.07) is 2.57. The number of aliphatic hydroxyl groups is 15. The summed E-state index contributed by atoms with van der Waals surface area (Å²) >= 11 is 0. The fourth-order valence-corrected chi connectivity index (χ4v) is 10.8. The molecule has 0 radical (unpaired) electrons. The molecule has 0 aliphatic carbocycles. The first-order valence-electron chi connectivity index (χ1n) is 32.7. The van der Waals surface area contributed by atoms with Gasteiger partial charge in [-0.1, -0.05) is 44.4 Å². The number of allylic oxidation sites excluding steroid dienone is 2. The number of carbonyl (C=O) groups excluding carboxylic acids is 5. The van der Waals surface area contributed by atoms with Crippen LogP contribution in [0.2, 0.25) is 0 Å². The summed E-state index contributed by atoms with van der Waals surface area (Å²) in [5.41, 5.74) is -2.37. The van der Waals surface area contributed by atoms with E-state index in [9.17, 15) is 101 Å². The van der Waals surface area contributed by atoms with Gasteiger partial charge in [-0.25, -0.2) is 0 Å². The zero-order chi connectivity index (χ0) is 73.6. The topological polar surface area (TPSA) is 541 Å². The summed E-state index contributed by atoms with van der Waals surface area (Å²) in [6.07, 6.45) is -23.2. The number of carbonyl (C=O) groups is 5. The maximum Gasteiger partial charge on any atom is 0.251 e. The Morgan fingerprint density at radius 1 is 0.616 bits per heavy atom. The highest BCUT2D eigenvalue weighted by molar-refractivity contribution is 5.94. The highest BCUT2D eigenvalue weighted by Crippen LogP contribution is 2.32. The van der Waals surface area contributed by atoms with Crippen LogP contribution in [-0.2, 0) is 61.8 Å². The molecule has 0 spiro atoms. The number of amides is 5. The Kier molecular flexibility index (Phi) is 37.6. The molecular weight excluding hydrogens is 1320 g/mol. The number of aliphatic hydroxyl groups excluding tert-OH is 15. The summed E-state index contributed by atoms with van der Waals surface area (Å²) in [7, 11) is 1.20. The number of nitrogens with one attached hydrogen (secondary N) is 5. The molecule has 35 nitrogen and oxygen atoms in total. The lowest BCUT2D eigenvalue weighted by Crippen LogP contribution is -2.65. The number of methoxy groups -OCH3 is 1. The molecule has 35 heteroatoms. The zero-order valence-electron chi connectivity index (χ0n) is 56.6. The van der Waals surface area contributed by atoms with Crippen LogP contribution in [0.25, 0.3) is 0 Å². The van der Waals surface area contributed by atoms with Crippen molar-refractivity contribution < 1.29 is 148 Å². The smallest absolute Gasteiger partial charge is 0.251 e. The summed E-state index contributed by atoms with van der Waals surface area (Å²) in [5, 5.41) is 178. The van der Waals surface area contributed by atoms with Gasteiger partial charge in [-0.05, 0) is 50.8 Å². The fourth-order valence-electron chi connectivity index (χ4n) is 10.8. The molecule has 3 heterocycles. The highest BCUT2D eigenvalue weighted by Gasteiger charge is 2.49. The van der Waals surface area contributed by atoms with E-state index < -0.39 is 252 Å². The summed E-state index contributed by atoms with van der Waals surface area (Å²) in [5.74, 6) is -7.27. The second-order valence-electron chi connectivity index (χ2n) is 23.8. The molecule has 1 aromatic rings. The van der Waals surface area contributed by atoms with Crippen LogP contribution in [0.4, 0.5) is 0 Å². The van der Waals surface area contributed by atoms with E-state index >= 15 is 0 Å². The molecule has 0 saturated carbocycles. The van der Waals surface area contributed by atoms with Gasteiger partial charge in [-0.2, -0.15) is 0 Å². The quantitative estimate of drug-likeness (QED) is 0.0139. The van der Waals surface area contributed by atoms with Gasteiger partial charge in [-0.15, -0.1) is 0 Å². The minimum atomic E-state index is -2.54. The van der Waals surface area contributed by atoms with Crippen LogP contribution in [0.3, 0.4) is 0 Å². The van der Waals surface area contributed by atoms with Crippen LogP contribution < -0.4 is 31.3 Å². The van der Waals surface area contributed by atoms with Crippen LogP contribution in [0.15, 0.2) is 70.8 Å². The predicted octanol–water partition coefficient (Wildman–Crippen LogP) is -2.58. The first-order chi connectivity index (χ1) is 47.1. The number of unbranched alkanes of at least 4 members (excludes halogenated alkanes) is 5. The van der Waals surface area contributed by atoms with E-state index in [1.807, 2.05) is 0 Å². The molecule has 3 aliphatic heterocycles. The lowest BCUT2D eigenvalue weighted by Gasteiger charge is -2.43. The molecule has 4 rings (SSSR count). The SMILES string of the molecule is CCCCCC/C=C\CCCOc1cccc(C(=O)NC2C(O[C@H](CCO)/C(O)=C(/NC(C)=O)C(O)OC3C[C@H](O)[C@H](NC(C)=O)[C@H](O[C@H](CCO)/C(O)=C(/NC(C)=O)[C@@H](O)OC(CCO[C@@H]4OC(C)C(O)C(O)C4OC)/C(O)=C(/CO)NC(C)=O)OC3CO)OC(CO)[C@@H](O)C2O)c1. The van der Waals surface area contributed by atoms with Crippen LogP contribution in [0.1, 0.15) is 123 Å². The lowest BCUT2D eigenvalue weighted by molar-refractivity contribution is -0.299. The molecule has 0 aromatic heterocycles. The van der Waals surface area contributed by atoms with Crippen molar-refractivity contribution in [1.82, 2.24) is 26.6 Å². The molecule has 3 saturated heterocycles. The standard InChI is InChI=1S/C64H103N5O30/c1-8-9-10-11-12-13-14-15-16-25-91-38-19-17-18-37(27-38)59(87)69-50-56(85)55(84)46(31-74)99-63(50)97-42(21-24-71)54(83)49(68-36(6)78)61(89)95-44-28-40(79)47(66-34(4)76)62(98-45(44)30-73)96-41(20-23-70)53(82)48(67-35(5)77)60(88)94-43(52(81)39(29-72)65-33(3)75)22-26-92-64-58(90-7)57(86)51(80)32(2)93-64/h13-14,17-19,27,32,40-47,50-51,55-58,60-64,70-74,79-86,88-89H,8-12,15-16,20-26,28-31H2,1-7H3,(H,65,75)(H,66,76)(H,67,77)(H,68,78)(H,69,87)/b14-13-,52-39+,53-48-,54-49-/t32?,40-,41+,42+,43?,44?,45?,46?,47-,50?,51?,55+,56?,57?,58?,60-,61?,62+,63?,64+/m0/s1. The normalized spacial score (nSPS) is 28.2. The van der Waals surface area contributed by atoms with Gasteiger partial charge in [0.1, 0.15) is 108 Å². The summed E-state index contributed by atoms with van der Waals surface area (Å²) in [4.78, 5) is 64.4. The van der Waals surface area contributed by atoms with E-state index in [2.05, 4.69) is 45.7 Å². The highest BCUT2D eigenvalue weighted by atomic mass is 16.7. The molecule has 99 heavy (non-hydrogen) atoms. The fraction of sp³-hybridized carbons (Fsp3) is 0.703. The van der Waals surface area contributed by atoms with Crippen molar-refractivity contribution in [3.63, 3.8) is 0 Å². The van der Waals surface area contributed by atoms with Crippen molar-refractivity contribution in [2.24, 2.45) is 0 Å². The lowest BCUT2D eigenvalue weighted by atomic mass is 9.96. The predicted molar refractivity (Wildman–Crippen MR) is 342 cm³/mol. The van der Waals surface area contributed by atoms with Gasteiger partial charge < -0.3 is 151 Å².